The van der Waals surface area contributed by atoms with Crippen molar-refractivity contribution in [2.75, 3.05) is 26.5 Å². The maximum absolute atomic E-state index is 13.0. The lowest BCUT2D eigenvalue weighted by Gasteiger charge is -2.20. The monoisotopic (exact) mass is 403 g/mol. The van der Waals surface area contributed by atoms with E-state index in [0.717, 1.165) is 24.1 Å². The Balaban J connectivity index is 1.63. The number of hydrogen-bond donors (Lipinski definition) is 1. The van der Waals surface area contributed by atoms with E-state index in [1.165, 1.54) is 12.1 Å². The minimum atomic E-state index is -0.958. The van der Waals surface area contributed by atoms with Gasteiger partial charge in [0.2, 0.25) is 0 Å². The van der Waals surface area contributed by atoms with Crippen LogP contribution in [0.4, 0.5) is 4.39 Å². The molecule has 0 spiro atoms. The number of thioether (sulfide) groups is 1. The lowest BCUT2D eigenvalue weighted by Crippen LogP contribution is -2.30. The molecule has 6 heteroatoms. The third-order valence-corrected chi connectivity index (χ3v) is 6.34. The van der Waals surface area contributed by atoms with E-state index < -0.39 is 5.97 Å². The molecule has 28 heavy (non-hydrogen) atoms. The second kappa shape index (κ2) is 9.43. The summed E-state index contributed by atoms with van der Waals surface area (Å²) in [6.45, 7) is 1.61. The zero-order valence-electron chi connectivity index (χ0n) is 16.2. The molecule has 1 N–H and O–H groups in total. The number of carboxylic acid groups (broad SMARTS) is 1. The summed E-state index contributed by atoms with van der Waals surface area (Å²) >= 11 is 1.88. The van der Waals surface area contributed by atoms with Gasteiger partial charge in [0.1, 0.15) is 18.2 Å². The SMILES string of the molecule is CSC1CC(COc2ccc(CCc3ccc(F)cc3)c(C(=O)O)c2)N(C)C1. The highest BCUT2D eigenvalue weighted by molar-refractivity contribution is 7.99. The molecule has 0 radical (unpaired) electrons. The number of carboxylic acids is 1. The van der Waals surface area contributed by atoms with E-state index in [4.69, 9.17) is 4.74 Å². The maximum Gasteiger partial charge on any atom is 0.336 e. The molecule has 2 unspecified atom stereocenters. The van der Waals surface area contributed by atoms with Gasteiger partial charge >= 0.3 is 5.97 Å². The van der Waals surface area contributed by atoms with E-state index in [0.29, 0.717) is 36.5 Å². The maximum atomic E-state index is 13.0. The average Bonchev–Trinajstić information content (AvgIpc) is 3.06. The van der Waals surface area contributed by atoms with Crippen molar-refractivity contribution in [2.24, 2.45) is 0 Å². The fourth-order valence-corrected chi connectivity index (χ4v) is 4.38. The number of ether oxygens (including phenoxy) is 1. The Morgan fingerprint density at radius 1 is 1.25 bits per heavy atom. The van der Waals surface area contributed by atoms with Crippen LogP contribution in [0.5, 0.6) is 5.75 Å². The van der Waals surface area contributed by atoms with Gasteiger partial charge in [-0.05, 0) is 68.0 Å². The molecule has 1 heterocycles. The van der Waals surface area contributed by atoms with E-state index >= 15 is 0 Å². The molecular weight excluding hydrogens is 377 g/mol. The highest BCUT2D eigenvalue weighted by Crippen LogP contribution is 2.26. The summed E-state index contributed by atoms with van der Waals surface area (Å²) in [6.07, 6.45) is 4.45. The zero-order chi connectivity index (χ0) is 20.1. The fourth-order valence-electron chi connectivity index (χ4n) is 3.58. The molecule has 3 rings (SSSR count). The van der Waals surface area contributed by atoms with Crippen molar-refractivity contribution in [3.63, 3.8) is 0 Å². The average molecular weight is 404 g/mol. The number of rotatable bonds is 8. The van der Waals surface area contributed by atoms with E-state index in [2.05, 4.69) is 18.2 Å². The molecule has 1 saturated heterocycles. The molecule has 1 aliphatic heterocycles. The number of aryl methyl sites for hydroxylation is 2. The van der Waals surface area contributed by atoms with Crippen LogP contribution in [0.25, 0.3) is 0 Å². The van der Waals surface area contributed by atoms with E-state index in [9.17, 15) is 14.3 Å². The molecule has 2 atom stereocenters. The summed E-state index contributed by atoms with van der Waals surface area (Å²) in [6, 6.07) is 11.9. The molecule has 0 amide bonds. The molecule has 0 saturated carbocycles. The smallest absolute Gasteiger partial charge is 0.336 e. The number of carbonyl (C=O) groups is 1. The van der Waals surface area contributed by atoms with Crippen LogP contribution in [0.15, 0.2) is 42.5 Å². The van der Waals surface area contributed by atoms with Crippen molar-refractivity contribution in [1.82, 2.24) is 4.90 Å². The van der Waals surface area contributed by atoms with Crippen molar-refractivity contribution in [2.45, 2.75) is 30.6 Å². The highest BCUT2D eigenvalue weighted by Gasteiger charge is 2.29. The Morgan fingerprint density at radius 3 is 2.64 bits per heavy atom. The van der Waals surface area contributed by atoms with Gasteiger partial charge in [-0.2, -0.15) is 11.8 Å². The molecular formula is C22H26FNO3S. The number of aromatic carboxylic acids is 1. The lowest BCUT2D eigenvalue weighted by atomic mass is 9.99. The molecule has 1 aliphatic rings. The summed E-state index contributed by atoms with van der Waals surface area (Å²) < 4.78 is 18.9. The van der Waals surface area contributed by atoms with Crippen molar-refractivity contribution < 1.29 is 19.0 Å². The summed E-state index contributed by atoms with van der Waals surface area (Å²) in [5.41, 5.74) is 2.00. The van der Waals surface area contributed by atoms with Crippen LogP contribution >= 0.6 is 11.8 Å². The number of benzene rings is 2. The van der Waals surface area contributed by atoms with Crippen LogP contribution in [0.2, 0.25) is 0 Å². The van der Waals surface area contributed by atoms with Gasteiger partial charge in [0.25, 0.3) is 0 Å². The van der Waals surface area contributed by atoms with E-state index in [-0.39, 0.29) is 11.4 Å². The minimum Gasteiger partial charge on any atom is -0.492 e. The summed E-state index contributed by atoms with van der Waals surface area (Å²) in [5, 5.41) is 10.2. The van der Waals surface area contributed by atoms with Gasteiger partial charge in [-0.3, -0.25) is 4.90 Å². The first kappa shape index (κ1) is 20.7. The zero-order valence-corrected chi connectivity index (χ0v) is 17.0. The Hall–Kier alpha value is -2.05. The number of halogens is 1. The van der Waals surface area contributed by atoms with Crippen LogP contribution < -0.4 is 4.74 Å². The molecule has 2 aromatic carbocycles. The van der Waals surface area contributed by atoms with Gasteiger partial charge in [0, 0.05) is 17.8 Å². The van der Waals surface area contributed by atoms with Gasteiger partial charge < -0.3 is 9.84 Å². The van der Waals surface area contributed by atoms with Gasteiger partial charge in [0.05, 0.1) is 5.56 Å². The topological polar surface area (TPSA) is 49.8 Å². The third kappa shape index (κ3) is 5.26. The molecule has 0 aliphatic carbocycles. The van der Waals surface area contributed by atoms with Crippen molar-refractivity contribution in [1.29, 1.82) is 0 Å². The third-order valence-electron chi connectivity index (χ3n) is 5.33. The fraction of sp³-hybridized carbons (Fsp3) is 0.409. The first-order valence-electron chi connectivity index (χ1n) is 9.42. The van der Waals surface area contributed by atoms with Gasteiger partial charge in [-0.25, -0.2) is 9.18 Å². The number of likely N-dealkylation sites (N-methyl/N-ethyl adjacent to an activating group) is 1. The second-order valence-corrected chi connectivity index (χ2v) is 8.39. The number of likely N-dealkylation sites (tertiary alicyclic amines) is 1. The first-order chi connectivity index (χ1) is 13.5. The van der Waals surface area contributed by atoms with Crippen LogP contribution in [-0.2, 0) is 12.8 Å². The number of hydrogen-bond acceptors (Lipinski definition) is 4. The summed E-state index contributed by atoms with van der Waals surface area (Å²) in [4.78, 5) is 14.0. The highest BCUT2D eigenvalue weighted by atomic mass is 32.2. The predicted octanol–water partition coefficient (Wildman–Crippen LogP) is 4.12. The van der Waals surface area contributed by atoms with Gasteiger partial charge in [-0.15, -0.1) is 0 Å². The van der Waals surface area contributed by atoms with Gasteiger partial charge in [0.15, 0.2) is 0 Å². The molecule has 4 nitrogen and oxygen atoms in total. The van der Waals surface area contributed by atoms with Crippen LogP contribution in [0.3, 0.4) is 0 Å². The van der Waals surface area contributed by atoms with Gasteiger partial charge in [-0.1, -0.05) is 18.2 Å². The van der Waals surface area contributed by atoms with E-state index in [1.807, 2.05) is 23.9 Å². The standard InChI is InChI=1S/C22H26FNO3S/c1-24-13-20(28-2)11-18(24)14-27-19-10-7-16(21(12-19)22(25)26)6-3-15-4-8-17(23)9-5-15/h4-5,7-10,12,18,20H,3,6,11,13-14H2,1-2H3,(H,25,26). The van der Waals surface area contributed by atoms with Crippen molar-refractivity contribution in [3.05, 3.63) is 65.0 Å². The first-order valence-corrected chi connectivity index (χ1v) is 10.7. The summed E-state index contributed by atoms with van der Waals surface area (Å²) in [7, 11) is 2.10. The van der Waals surface area contributed by atoms with Crippen molar-refractivity contribution in [3.8, 4) is 5.75 Å². The quantitative estimate of drug-likeness (QED) is 0.718. The van der Waals surface area contributed by atoms with Crippen molar-refractivity contribution >= 4 is 17.7 Å². The molecule has 2 aromatic rings. The normalized spacial score (nSPS) is 19.7. The Labute approximate surface area is 169 Å². The Morgan fingerprint density at radius 2 is 2.00 bits per heavy atom. The van der Waals surface area contributed by atoms with E-state index in [1.54, 1.807) is 18.2 Å². The molecule has 0 aromatic heterocycles. The Kier molecular flexibility index (Phi) is 6.97. The molecule has 0 bridgehead atoms. The summed E-state index contributed by atoms with van der Waals surface area (Å²) in [5.74, 6) is -0.642. The molecule has 1 fully saturated rings. The second-order valence-electron chi connectivity index (χ2n) is 7.25. The predicted molar refractivity (Wildman–Crippen MR) is 111 cm³/mol. The lowest BCUT2D eigenvalue weighted by molar-refractivity contribution is 0.0695. The minimum absolute atomic E-state index is 0.265. The van der Waals surface area contributed by atoms with Crippen LogP contribution in [0, 0.1) is 5.82 Å². The van der Waals surface area contributed by atoms with Crippen LogP contribution in [0.1, 0.15) is 27.9 Å². The Bertz CT molecular complexity index is 812. The number of nitrogens with zero attached hydrogens (tertiary/aromatic N) is 1. The molecule has 150 valence electrons. The largest absolute Gasteiger partial charge is 0.492 e. The van der Waals surface area contributed by atoms with Crippen LogP contribution in [-0.4, -0.2) is 53.7 Å².